The highest BCUT2D eigenvalue weighted by Gasteiger charge is 2.43. The van der Waals surface area contributed by atoms with Crippen LogP contribution in [0.5, 0.6) is 0 Å². The van der Waals surface area contributed by atoms with Crippen molar-refractivity contribution in [1.29, 1.82) is 0 Å². The largest absolute Gasteiger partial charge is 0.312 e. The molecule has 0 aromatic heterocycles. The van der Waals surface area contributed by atoms with Crippen LogP contribution in [-0.2, 0) is 0 Å². The maximum absolute atomic E-state index is 3.99. The third-order valence-corrected chi connectivity index (χ3v) is 5.66. The molecule has 0 atom stereocenters. The zero-order chi connectivity index (χ0) is 12.6. The molecule has 3 saturated carbocycles. The normalized spacial score (nSPS) is 28.0. The van der Waals surface area contributed by atoms with Gasteiger partial charge < -0.3 is 10.2 Å². The Morgan fingerprint density at radius 2 is 1.56 bits per heavy atom. The number of nitrogens with one attached hydrogen (secondary N) is 1. The van der Waals surface area contributed by atoms with Gasteiger partial charge in [0.1, 0.15) is 0 Å². The molecule has 2 nitrogen and oxygen atoms in total. The Labute approximate surface area is 113 Å². The number of hydrogen-bond acceptors (Lipinski definition) is 2. The average molecular weight is 250 g/mol. The number of likely N-dealkylation sites (N-methyl/N-ethyl adjacent to an activating group) is 1. The van der Waals surface area contributed by atoms with E-state index in [-0.39, 0.29) is 0 Å². The zero-order valence-corrected chi connectivity index (χ0v) is 12.3. The van der Waals surface area contributed by atoms with Crippen molar-refractivity contribution in [1.82, 2.24) is 10.2 Å². The lowest BCUT2D eigenvalue weighted by atomic mass is 9.80. The van der Waals surface area contributed by atoms with Gasteiger partial charge in [-0.2, -0.15) is 0 Å². The van der Waals surface area contributed by atoms with Crippen LogP contribution in [0.3, 0.4) is 0 Å². The van der Waals surface area contributed by atoms with Crippen LogP contribution < -0.4 is 5.32 Å². The smallest absolute Gasteiger partial charge is 0.0327 e. The maximum Gasteiger partial charge on any atom is 0.0327 e. The van der Waals surface area contributed by atoms with Gasteiger partial charge >= 0.3 is 0 Å². The number of hydrogen-bond donors (Lipinski definition) is 1. The summed E-state index contributed by atoms with van der Waals surface area (Å²) in [6.45, 7) is 1.23. The van der Waals surface area contributed by atoms with Crippen LogP contribution in [0.15, 0.2) is 0 Å². The van der Waals surface area contributed by atoms with E-state index in [1.807, 2.05) is 0 Å². The highest BCUT2D eigenvalue weighted by Crippen LogP contribution is 2.45. The first-order valence-corrected chi connectivity index (χ1v) is 8.12. The summed E-state index contributed by atoms with van der Waals surface area (Å²) >= 11 is 0. The number of nitrogens with zero attached hydrogens (tertiary/aromatic N) is 1. The first-order chi connectivity index (χ1) is 8.71. The summed E-state index contributed by atoms with van der Waals surface area (Å²) in [5, 5.41) is 3.99. The van der Waals surface area contributed by atoms with Crippen molar-refractivity contribution in [3.05, 3.63) is 0 Å². The lowest BCUT2D eigenvalue weighted by molar-refractivity contribution is 0.0928. The van der Waals surface area contributed by atoms with E-state index in [2.05, 4.69) is 24.3 Å². The van der Waals surface area contributed by atoms with Gasteiger partial charge in [-0.15, -0.1) is 0 Å². The molecule has 0 amide bonds. The molecule has 0 unspecified atom stereocenters. The molecule has 2 heteroatoms. The Bertz CT molecular complexity index is 261. The van der Waals surface area contributed by atoms with Crippen LogP contribution in [0.1, 0.15) is 57.8 Å². The Morgan fingerprint density at radius 3 is 2.00 bits per heavy atom. The molecule has 0 aromatic rings. The van der Waals surface area contributed by atoms with Gasteiger partial charge in [-0.1, -0.05) is 19.3 Å². The maximum atomic E-state index is 3.99. The third-order valence-electron chi connectivity index (χ3n) is 5.66. The van der Waals surface area contributed by atoms with Gasteiger partial charge in [0.05, 0.1) is 0 Å². The van der Waals surface area contributed by atoms with E-state index in [1.165, 1.54) is 64.3 Å². The van der Waals surface area contributed by atoms with E-state index < -0.39 is 0 Å². The third kappa shape index (κ3) is 2.75. The zero-order valence-electron chi connectivity index (χ0n) is 12.3. The summed E-state index contributed by atoms with van der Waals surface area (Å²) in [5.74, 6) is 2.06. The minimum Gasteiger partial charge on any atom is -0.312 e. The molecule has 0 aliphatic heterocycles. The van der Waals surface area contributed by atoms with Gasteiger partial charge in [0, 0.05) is 18.1 Å². The van der Waals surface area contributed by atoms with Gasteiger partial charge in [-0.3, -0.25) is 0 Å². The van der Waals surface area contributed by atoms with Gasteiger partial charge in [-0.05, 0) is 64.5 Å². The quantitative estimate of drug-likeness (QED) is 0.779. The van der Waals surface area contributed by atoms with Gasteiger partial charge in [0.15, 0.2) is 0 Å². The van der Waals surface area contributed by atoms with E-state index in [4.69, 9.17) is 0 Å². The van der Waals surface area contributed by atoms with E-state index >= 15 is 0 Å². The van der Waals surface area contributed by atoms with Crippen molar-refractivity contribution in [3.63, 3.8) is 0 Å². The molecule has 0 aromatic carbocycles. The summed E-state index contributed by atoms with van der Waals surface area (Å²) < 4.78 is 0. The minimum atomic E-state index is 0.459. The second kappa shape index (κ2) is 5.13. The second-order valence-electron chi connectivity index (χ2n) is 7.26. The molecule has 18 heavy (non-hydrogen) atoms. The molecule has 0 saturated heterocycles. The summed E-state index contributed by atoms with van der Waals surface area (Å²) in [6, 6.07) is 0.865. The van der Waals surface area contributed by atoms with Gasteiger partial charge in [0.25, 0.3) is 0 Å². The van der Waals surface area contributed by atoms with Crippen LogP contribution in [0.2, 0.25) is 0 Å². The molecule has 0 radical (unpaired) electrons. The first kappa shape index (κ1) is 12.9. The lowest BCUT2D eigenvalue weighted by Gasteiger charge is -2.44. The van der Waals surface area contributed by atoms with Gasteiger partial charge in [-0.25, -0.2) is 0 Å². The SMILES string of the molecule is CN(C)C1(CNC(C2CC2)C2CC2)CCCCC1. The highest BCUT2D eigenvalue weighted by atomic mass is 15.2. The van der Waals surface area contributed by atoms with Crippen LogP contribution in [0.4, 0.5) is 0 Å². The van der Waals surface area contributed by atoms with Crippen molar-refractivity contribution in [2.24, 2.45) is 11.8 Å². The Morgan fingerprint density at radius 1 is 1.00 bits per heavy atom. The lowest BCUT2D eigenvalue weighted by Crippen LogP contribution is -2.55. The summed E-state index contributed by atoms with van der Waals surface area (Å²) in [6.07, 6.45) is 13.1. The standard InChI is InChI=1S/C16H30N2/c1-18(2)16(10-4-3-5-11-16)12-17-15(13-6-7-13)14-8-9-14/h13-15,17H,3-12H2,1-2H3. The fraction of sp³-hybridized carbons (Fsp3) is 1.00. The van der Waals surface area contributed by atoms with Crippen LogP contribution >= 0.6 is 0 Å². The van der Waals surface area contributed by atoms with Crippen LogP contribution in [0, 0.1) is 11.8 Å². The van der Waals surface area contributed by atoms with Crippen molar-refractivity contribution in [3.8, 4) is 0 Å². The molecule has 0 heterocycles. The predicted octanol–water partition coefficient (Wildman–Crippen LogP) is 3.03. The van der Waals surface area contributed by atoms with E-state index in [0.29, 0.717) is 5.54 Å². The summed E-state index contributed by atoms with van der Waals surface area (Å²) in [7, 11) is 4.58. The highest BCUT2D eigenvalue weighted by molar-refractivity contribution is 5.00. The van der Waals surface area contributed by atoms with Crippen molar-refractivity contribution < 1.29 is 0 Å². The molecule has 3 aliphatic rings. The molecule has 0 spiro atoms. The Kier molecular flexibility index (Phi) is 3.68. The molecular weight excluding hydrogens is 220 g/mol. The van der Waals surface area contributed by atoms with E-state index in [0.717, 1.165) is 17.9 Å². The molecule has 0 bridgehead atoms. The van der Waals surface area contributed by atoms with Crippen molar-refractivity contribution in [2.75, 3.05) is 20.6 Å². The monoisotopic (exact) mass is 250 g/mol. The Balaban J connectivity index is 1.58. The first-order valence-electron chi connectivity index (χ1n) is 8.12. The minimum absolute atomic E-state index is 0.459. The summed E-state index contributed by atoms with van der Waals surface area (Å²) in [5.41, 5.74) is 0.459. The average Bonchev–Trinajstić information content (AvgIpc) is 3.24. The van der Waals surface area contributed by atoms with Crippen molar-refractivity contribution >= 4 is 0 Å². The topological polar surface area (TPSA) is 15.3 Å². The van der Waals surface area contributed by atoms with Crippen LogP contribution in [0.25, 0.3) is 0 Å². The molecule has 3 aliphatic carbocycles. The van der Waals surface area contributed by atoms with E-state index in [9.17, 15) is 0 Å². The molecular formula is C16H30N2. The molecule has 104 valence electrons. The summed E-state index contributed by atoms with van der Waals surface area (Å²) in [4.78, 5) is 2.51. The predicted molar refractivity (Wildman–Crippen MR) is 76.7 cm³/mol. The van der Waals surface area contributed by atoms with Gasteiger partial charge in [0.2, 0.25) is 0 Å². The van der Waals surface area contributed by atoms with Crippen molar-refractivity contribution in [2.45, 2.75) is 69.4 Å². The van der Waals surface area contributed by atoms with E-state index in [1.54, 1.807) is 0 Å². The second-order valence-corrected chi connectivity index (χ2v) is 7.26. The molecule has 1 N–H and O–H groups in total. The Hall–Kier alpha value is -0.0800. The number of rotatable bonds is 6. The van der Waals surface area contributed by atoms with Crippen LogP contribution in [-0.4, -0.2) is 37.1 Å². The fourth-order valence-electron chi connectivity index (χ4n) is 3.93. The molecule has 3 rings (SSSR count). The fourth-order valence-corrected chi connectivity index (χ4v) is 3.93. The molecule has 3 fully saturated rings.